The number of carbonyl (C=O) groups excluding carboxylic acids is 1. The Labute approximate surface area is 130 Å². The summed E-state index contributed by atoms with van der Waals surface area (Å²) >= 11 is 0. The van der Waals surface area contributed by atoms with Gasteiger partial charge in [0.25, 0.3) is 0 Å². The van der Waals surface area contributed by atoms with Crippen molar-refractivity contribution in [2.75, 3.05) is 13.2 Å². The van der Waals surface area contributed by atoms with Crippen LogP contribution in [0.25, 0.3) is 0 Å². The maximum atomic E-state index is 12.3. The normalized spacial score (nSPS) is 16.7. The monoisotopic (exact) mass is 299 g/mol. The predicted molar refractivity (Wildman–Crippen MR) is 83.9 cm³/mol. The average molecular weight is 299 g/mol. The first kappa shape index (κ1) is 14.6. The number of hydrogen-bond acceptors (Lipinski definition) is 3. The van der Waals surface area contributed by atoms with E-state index in [-0.39, 0.29) is 11.8 Å². The Hall–Kier alpha value is -2.30. The minimum Gasteiger partial charge on any atom is -0.492 e. The predicted octanol–water partition coefficient (Wildman–Crippen LogP) is 1.94. The molecular weight excluding hydrogens is 278 g/mol. The second-order valence-electron chi connectivity index (χ2n) is 5.77. The second-order valence-corrected chi connectivity index (χ2v) is 5.77. The molecule has 1 aromatic heterocycles. The number of nitrogens with zero attached hydrogens (tertiary/aromatic N) is 1. The molecule has 116 valence electrons. The quantitative estimate of drug-likeness (QED) is 0.906. The van der Waals surface area contributed by atoms with Crippen LogP contribution < -0.4 is 10.1 Å². The summed E-state index contributed by atoms with van der Waals surface area (Å²) in [5.74, 6) is 0.853. The van der Waals surface area contributed by atoms with Crippen LogP contribution in [0.4, 0.5) is 0 Å². The highest BCUT2D eigenvalue weighted by atomic mass is 16.5. The molecule has 0 bridgehead atoms. The van der Waals surface area contributed by atoms with Gasteiger partial charge in [0.05, 0.1) is 11.6 Å². The van der Waals surface area contributed by atoms with Crippen molar-refractivity contribution in [2.45, 2.75) is 26.7 Å². The molecule has 3 rings (SSSR count). The summed E-state index contributed by atoms with van der Waals surface area (Å²) in [6.45, 7) is 5.06. The summed E-state index contributed by atoms with van der Waals surface area (Å²) in [5, 5.41) is 10.2. The number of amides is 1. The van der Waals surface area contributed by atoms with Crippen LogP contribution in [0.15, 0.2) is 24.3 Å². The van der Waals surface area contributed by atoms with Crippen molar-refractivity contribution in [3.8, 4) is 5.75 Å². The van der Waals surface area contributed by atoms with Crippen LogP contribution >= 0.6 is 0 Å². The highest BCUT2D eigenvalue weighted by Gasteiger charge is 2.25. The van der Waals surface area contributed by atoms with Crippen LogP contribution in [0.3, 0.4) is 0 Å². The molecule has 2 aromatic rings. The molecule has 2 N–H and O–H groups in total. The second kappa shape index (κ2) is 6.22. The van der Waals surface area contributed by atoms with Crippen molar-refractivity contribution in [3.05, 3.63) is 46.8 Å². The number of fused-ring (bicyclic) bond motifs is 1. The van der Waals surface area contributed by atoms with Crippen molar-refractivity contribution in [1.82, 2.24) is 15.5 Å². The Bertz CT molecular complexity index is 659. The van der Waals surface area contributed by atoms with Gasteiger partial charge >= 0.3 is 0 Å². The lowest BCUT2D eigenvalue weighted by Crippen LogP contribution is -2.38. The molecule has 1 aliphatic rings. The molecule has 0 fully saturated rings. The topological polar surface area (TPSA) is 67.0 Å². The number of nitrogens with one attached hydrogen (secondary N) is 2. The first-order chi connectivity index (χ1) is 10.6. The highest BCUT2D eigenvalue weighted by Crippen LogP contribution is 2.26. The number of aromatic nitrogens is 2. The SMILES string of the molecule is Cc1n[nH]c(C)c1CCNC(=O)C1COc2ccccc2C1. The van der Waals surface area contributed by atoms with Gasteiger partial charge in [-0.2, -0.15) is 5.10 Å². The molecule has 1 unspecified atom stereocenters. The van der Waals surface area contributed by atoms with Gasteiger partial charge in [0.2, 0.25) is 5.91 Å². The number of benzene rings is 1. The largest absolute Gasteiger partial charge is 0.492 e. The van der Waals surface area contributed by atoms with Crippen molar-refractivity contribution in [2.24, 2.45) is 5.92 Å². The van der Waals surface area contributed by atoms with Gasteiger partial charge < -0.3 is 10.1 Å². The fourth-order valence-corrected chi connectivity index (χ4v) is 2.89. The lowest BCUT2D eigenvalue weighted by atomic mass is 9.96. The minimum atomic E-state index is -0.110. The van der Waals surface area contributed by atoms with E-state index < -0.39 is 0 Å². The number of aryl methyl sites for hydroxylation is 2. The van der Waals surface area contributed by atoms with Crippen LogP contribution in [-0.2, 0) is 17.6 Å². The van der Waals surface area contributed by atoms with E-state index in [1.165, 1.54) is 5.56 Å². The third-order valence-corrected chi connectivity index (χ3v) is 4.20. The van der Waals surface area contributed by atoms with Gasteiger partial charge in [-0.05, 0) is 43.9 Å². The number of carbonyl (C=O) groups is 1. The molecule has 22 heavy (non-hydrogen) atoms. The van der Waals surface area contributed by atoms with Crippen LogP contribution in [0.2, 0.25) is 0 Å². The standard InChI is InChI=1S/C17H21N3O2/c1-11-15(12(2)20-19-11)7-8-18-17(21)14-9-13-5-3-4-6-16(13)22-10-14/h3-6,14H,7-10H2,1-2H3,(H,18,21)(H,19,20). The number of para-hydroxylation sites is 1. The Morgan fingerprint density at radius 3 is 3.00 bits per heavy atom. The lowest BCUT2D eigenvalue weighted by Gasteiger charge is -2.24. The number of aromatic amines is 1. The molecule has 2 heterocycles. The van der Waals surface area contributed by atoms with Crippen LogP contribution in [-0.4, -0.2) is 29.3 Å². The number of ether oxygens (including phenoxy) is 1. The van der Waals surface area contributed by atoms with Crippen LogP contribution in [0, 0.1) is 19.8 Å². The minimum absolute atomic E-state index is 0.0632. The molecular formula is C17H21N3O2. The summed E-state index contributed by atoms with van der Waals surface area (Å²) in [6, 6.07) is 7.91. The first-order valence-electron chi connectivity index (χ1n) is 7.64. The van der Waals surface area contributed by atoms with Crippen molar-refractivity contribution >= 4 is 5.91 Å². The highest BCUT2D eigenvalue weighted by molar-refractivity contribution is 5.79. The zero-order valence-corrected chi connectivity index (χ0v) is 13.0. The first-order valence-corrected chi connectivity index (χ1v) is 7.64. The molecule has 0 saturated carbocycles. The van der Waals surface area contributed by atoms with E-state index in [2.05, 4.69) is 15.5 Å². The third-order valence-electron chi connectivity index (χ3n) is 4.20. The molecule has 0 aliphatic carbocycles. The Morgan fingerprint density at radius 2 is 2.23 bits per heavy atom. The molecule has 1 atom stereocenters. The van der Waals surface area contributed by atoms with E-state index in [0.717, 1.165) is 35.5 Å². The van der Waals surface area contributed by atoms with Gasteiger partial charge in [0.15, 0.2) is 0 Å². The van der Waals surface area contributed by atoms with Gasteiger partial charge in [-0.15, -0.1) is 0 Å². The summed E-state index contributed by atoms with van der Waals surface area (Å²) in [4.78, 5) is 12.3. The molecule has 5 nitrogen and oxygen atoms in total. The smallest absolute Gasteiger partial charge is 0.226 e. The molecule has 0 radical (unpaired) electrons. The fourth-order valence-electron chi connectivity index (χ4n) is 2.89. The molecule has 0 spiro atoms. The van der Waals surface area contributed by atoms with E-state index in [1.54, 1.807) is 0 Å². The third kappa shape index (κ3) is 2.98. The van der Waals surface area contributed by atoms with Gasteiger partial charge in [-0.3, -0.25) is 9.89 Å². The van der Waals surface area contributed by atoms with E-state index in [1.807, 2.05) is 38.1 Å². The summed E-state index contributed by atoms with van der Waals surface area (Å²) < 4.78 is 5.67. The van der Waals surface area contributed by atoms with Crippen molar-refractivity contribution in [3.63, 3.8) is 0 Å². The Balaban J connectivity index is 1.53. The van der Waals surface area contributed by atoms with E-state index in [0.29, 0.717) is 13.2 Å². The van der Waals surface area contributed by atoms with Crippen LogP contribution in [0.5, 0.6) is 5.75 Å². The molecule has 5 heteroatoms. The molecule has 1 aliphatic heterocycles. The zero-order chi connectivity index (χ0) is 15.5. The van der Waals surface area contributed by atoms with Crippen molar-refractivity contribution < 1.29 is 9.53 Å². The molecule has 0 saturated heterocycles. The maximum absolute atomic E-state index is 12.3. The van der Waals surface area contributed by atoms with Gasteiger partial charge in [0, 0.05) is 12.2 Å². The van der Waals surface area contributed by atoms with Gasteiger partial charge in [0.1, 0.15) is 12.4 Å². The average Bonchev–Trinajstić information content (AvgIpc) is 2.86. The Kier molecular flexibility index (Phi) is 4.13. The van der Waals surface area contributed by atoms with E-state index in [9.17, 15) is 4.79 Å². The van der Waals surface area contributed by atoms with Crippen molar-refractivity contribution in [1.29, 1.82) is 0 Å². The maximum Gasteiger partial charge on any atom is 0.226 e. The number of rotatable bonds is 4. The fraction of sp³-hybridized carbons (Fsp3) is 0.412. The van der Waals surface area contributed by atoms with Crippen LogP contribution in [0.1, 0.15) is 22.5 Å². The molecule has 1 amide bonds. The van der Waals surface area contributed by atoms with Gasteiger partial charge in [-0.1, -0.05) is 18.2 Å². The number of hydrogen-bond donors (Lipinski definition) is 2. The number of H-pyrrole nitrogens is 1. The summed E-state index contributed by atoms with van der Waals surface area (Å²) in [5.41, 5.74) is 4.37. The zero-order valence-electron chi connectivity index (χ0n) is 13.0. The lowest BCUT2D eigenvalue weighted by molar-refractivity contribution is -0.126. The Morgan fingerprint density at radius 1 is 1.41 bits per heavy atom. The van der Waals surface area contributed by atoms with E-state index >= 15 is 0 Å². The summed E-state index contributed by atoms with van der Waals surface area (Å²) in [6.07, 6.45) is 1.54. The summed E-state index contributed by atoms with van der Waals surface area (Å²) in [7, 11) is 0. The molecule has 1 aromatic carbocycles. The van der Waals surface area contributed by atoms with E-state index in [4.69, 9.17) is 4.74 Å². The van der Waals surface area contributed by atoms with Gasteiger partial charge in [-0.25, -0.2) is 0 Å².